The first kappa shape index (κ1) is 15.8. The minimum Gasteiger partial charge on any atom is -0.399 e. The van der Waals surface area contributed by atoms with Gasteiger partial charge in [-0.3, -0.25) is 0 Å². The maximum absolute atomic E-state index is 7.57. The summed E-state index contributed by atoms with van der Waals surface area (Å²) in [6.07, 6.45) is 3.07. The fourth-order valence-corrected chi connectivity index (χ4v) is 2.04. The van der Waals surface area contributed by atoms with Gasteiger partial charge >= 0.3 is 7.12 Å². The van der Waals surface area contributed by atoms with Crippen LogP contribution in [0.5, 0.6) is 0 Å². The van der Waals surface area contributed by atoms with E-state index >= 15 is 0 Å². The molecule has 2 N–H and O–H groups in total. The second-order valence-corrected chi connectivity index (χ2v) is 6.24. The van der Waals surface area contributed by atoms with Crippen LogP contribution in [0.3, 0.4) is 0 Å². The van der Waals surface area contributed by atoms with Crippen molar-refractivity contribution >= 4 is 13.3 Å². The molecule has 1 aromatic rings. The number of hydrogen-bond donors (Lipinski definition) is 2. The zero-order valence-electron chi connectivity index (χ0n) is 13.1. The quantitative estimate of drug-likeness (QED) is 0.646. The molecule has 0 amide bonds. The van der Waals surface area contributed by atoms with Crippen LogP contribution in [0.25, 0.3) is 0 Å². The van der Waals surface area contributed by atoms with Gasteiger partial charge in [0.25, 0.3) is 0 Å². The molecule has 0 spiro atoms. The molecule has 1 aliphatic heterocycles. The molecule has 2 rings (SSSR count). The highest BCUT2D eigenvalue weighted by atomic mass is 16.7. The molecule has 1 saturated heterocycles. The zero-order valence-corrected chi connectivity index (χ0v) is 13.1. The molecule has 112 valence electrons. The summed E-state index contributed by atoms with van der Waals surface area (Å²) in [5.41, 5.74) is 1.09. The molecule has 1 heterocycles. The van der Waals surface area contributed by atoms with E-state index in [1.165, 1.54) is 11.8 Å². The fraction of sp³-hybridized carbons (Fsp3) is 0.438. The average molecular weight is 286 g/mol. The van der Waals surface area contributed by atoms with E-state index in [2.05, 4.69) is 17.4 Å². The summed E-state index contributed by atoms with van der Waals surface area (Å²) >= 11 is 0. The third-order valence-electron chi connectivity index (χ3n) is 4.11. The van der Waals surface area contributed by atoms with Gasteiger partial charge in [-0.15, -0.1) is 0 Å². The van der Waals surface area contributed by atoms with E-state index in [4.69, 9.17) is 14.7 Å². The minimum atomic E-state index is -0.504. The van der Waals surface area contributed by atoms with Crippen LogP contribution in [0, 0.1) is 5.41 Å². The Morgan fingerprint density at radius 2 is 1.71 bits per heavy atom. The maximum atomic E-state index is 7.57. The van der Waals surface area contributed by atoms with E-state index in [9.17, 15) is 0 Å². The van der Waals surface area contributed by atoms with Crippen molar-refractivity contribution in [1.82, 2.24) is 5.32 Å². The number of hydrogen-bond acceptors (Lipinski definition) is 4. The average Bonchev–Trinajstić information content (AvgIpc) is 2.64. The lowest BCUT2D eigenvalue weighted by Gasteiger charge is -2.32. The lowest BCUT2D eigenvalue weighted by atomic mass is 9.79. The lowest BCUT2D eigenvalue weighted by molar-refractivity contribution is 0.00578. The van der Waals surface area contributed by atoms with Crippen LogP contribution < -0.4 is 5.32 Å². The largest absolute Gasteiger partial charge is 0.497 e. The maximum Gasteiger partial charge on any atom is 0.497 e. The Bertz CT molecular complexity index is 510. The van der Waals surface area contributed by atoms with Gasteiger partial charge in [-0.05, 0) is 39.5 Å². The van der Waals surface area contributed by atoms with Crippen LogP contribution in [-0.2, 0) is 15.9 Å². The van der Waals surface area contributed by atoms with Gasteiger partial charge in [-0.1, -0.05) is 30.3 Å². The first-order valence-electron chi connectivity index (χ1n) is 7.19. The second-order valence-electron chi connectivity index (χ2n) is 6.24. The first-order valence-corrected chi connectivity index (χ1v) is 7.19. The van der Waals surface area contributed by atoms with E-state index in [-0.39, 0.29) is 11.2 Å². The van der Waals surface area contributed by atoms with E-state index in [0.29, 0.717) is 12.0 Å². The van der Waals surface area contributed by atoms with Crippen molar-refractivity contribution in [2.24, 2.45) is 0 Å². The summed E-state index contributed by atoms with van der Waals surface area (Å²) in [5.74, 6) is 0. The van der Waals surface area contributed by atoms with E-state index in [1.54, 1.807) is 6.20 Å². The Morgan fingerprint density at radius 1 is 1.14 bits per heavy atom. The fourth-order valence-electron chi connectivity index (χ4n) is 2.04. The number of rotatable bonds is 5. The normalized spacial score (nSPS) is 20.4. The van der Waals surface area contributed by atoms with E-state index < -0.39 is 7.12 Å². The van der Waals surface area contributed by atoms with E-state index in [1.807, 2.05) is 45.9 Å². The Hall–Kier alpha value is -1.59. The Balaban J connectivity index is 2.00. The summed E-state index contributed by atoms with van der Waals surface area (Å²) in [5, 5.41) is 10.8. The van der Waals surface area contributed by atoms with Crippen molar-refractivity contribution in [3.63, 3.8) is 0 Å². The van der Waals surface area contributed by atoms with Crippen molar-refractivity contribution in [2.75, 3.05) is 0 Å². The number of nitrogens with one attached hydrogen (secondary N) is 2. The third-order valence-corrected chi connectivity index (χ3v) is 4.11. The van der Waals surface area contributed by atoms with Crippen LogP contribution in [0.15, 0.2) is 42.0 Å². The number of allylic oxidation sites excluding steroid dienone is 1. The van der Waals surface area contributed by atoms with Crippen molar-refractivity contribution in [1.29, 1.82) is 5.41 Å². The van der Waals surface area contributed by atoms with Crippen LogP contribution >= 0.6 is 0 Å². The molecule has 1 aromatic carbocycles. The summed E-state index contributed by atoms with van der Waals surface area (Å²) in [6, 6.07) is 10.1. The first-order chi connectivity index (χ1) is 9.86. The van der Waals surface area contributed by atoms with Gasteiger partial charge in [0.2, 0.25) is 0 Å². The highest BCUT2D eigenvalue weighted by Crippen LogP contribution is 2.38. The zero-order chi connectivity index (χ0) is 15.5. The second kappa shape index (κ2) is 6.04. The molecule has 4 nitrogen and oxygen atoms in total. The van der Waals surface area contributed by atoms with Gasteiger partial charge in [-0.25, -0.2) is 0 Å². The van der Waals surface area contributed by atoms with Crippen molar-refractivity contribution < 1.29 is 9.31 Å². The highest BCUT2D eigenvalue weighted by molar-refractivity contribution is 6.60. The molecular weight excluding hydrogens is 263 g/mol. The van der Waals surface area contributed by atoms with Crippen LogP contribution in [0.1, 0.15) is 33.3 Å². The Labute approximate surface area is 127 Å². The third kappa shape index (κ3) is 3.54. The molecule has 1 fully saturated rings. The van der Waals surface area contributed by atoms with Crippen molar-refractivity contribution in [2.45, 2.75) is 45.4 Å². The summed E-state index contributed by atoms with van der Waals surface area (Å²) < 4.78 is 11.9. The Kier molecular flexibility index (Phi) is 4.54. The molecule has 5 heteroatoms. The molecule has 0 unspecified atom stereocenters. The molecule has 0 saturated carbocycles. The van der Waals surface area contributed by atoms with Gasteiger partial charge in [0, 0.05) is 18.2 Å². The molecule has 0 bridgehead atoms. The van der Waals surface area contributed by atoms with Gasteiger partial charge < -0.3 is 20.0 Å². The Morgan fingerprint density at radius 3 is 2.24 bits per heavy atom. The summed E-state index contributed by atoms with van der Waals surface area (Å²) in [6.45, 7) is 8.73. The SMILES string of the molecule is CC1(C)OB(/C(C=N)=C/NCc2ccccc2)OC1(C)C. The monoisotopic (exact) mass is 286 g/mol. The predicted octanol–water partition coefficient (Wildman–Crippen LogP) is 2.94. The molecular formula is C16H23BN2O2. The standard InChI is InChI=1S/C16H23BN2O2/c1-15(2)16(3,4)21-17(20-15)14(10-18)12-19-11-13-8-6-5-7-9-13/h5-10,12,18-19H,11H2,1-4H3/b14-12+,18-10?. The summed E-state index contributed by atoms with van der Waals surface area (Å²) in [7, 11) is -0.504. The van der Waals surface area contributed by atoms with Crippen LogP contribution in [-0.4, -0.2) is 24.5 Å². The van der Waals surface area contributed by atoms with Gasteiger partial charge in [0.15, 0.2) is 0 Å². The molecule has 0 radical (unpaired) electrons. The van der Waals surface area contributed by atoms with E-state index in [0.717, 1.165) is 0 Å². The van der Waals surface area contributed by atoms with Gasteiger partial charge in [0.05, 0.1) is 11.2 Å². The van der Waals surface area contributed by atoms with Gasteiger partial charge in [-0.2, -0.15) is 0 Å². The molecule has 0 aliphatic carbocycles. The molecule has 1 aliphatic rings. The minimum absolute atomic E-state index is 0.390. The molecule has 0 aromatic heterocycles. The van der Waals surface area contributed by atoms with Crippen molar-refractivity contribution in [3.05, 3.63) is 47.6 Å². The predicted molar refractivity (Wildman–Crippen MR) is 86.2 cm³/mol. The highest BCUT2D eigenvalue weighted by Gasteiger charge is 2.52. The smallest absolute Gasteiger partial charge is 0.399 e. The van der Waals surface area contributed by atoms with Gasteiger partial charge in [0.1, 0.15) is 0 Å². The van der Waals surface area contributed by atoms with Crippen LogP contribution in [0.4, 0.5) is 0 Å². The number of benzene rings is 1. The van der Waals surface area contributed by atoms with Crippen molar-refractivity contribution in [3.8, 4) is 0 Å². The molecule has 21 heavy (non-hydrogen) atoms. The lowest BCUT2D eigenvalue weighted by Crippen LogP contribution is -2.41. The topological polar surface area (TPSA) is 54.3 Å². The molecule has 0 atom stereocenters. The summed E-state index contributed by atoms with van der Waals surface area (Å²) in [4.78, 5) is 0. The van der Waals surface area contributed by atoms with Crippen LogP contribution in [0.2, 0.25) is 0 Å².